The molecule has 0 heterocycles. The summed E-state index contributed by atoms with van der Waals surface area (Å²) < 4.78 is 23.8. The Kier molecular flexibility index (Phi) is 5.10. The molecule has 0 aliphatic heterocycles. The lowest BCUT2D eigenvalue weighted by molar-refractivity contribution is 0.282. The molecular weight excluding hydrogens is 282 g/mol. The van der Waals surface area contributed by atoms with Crippen molar-refractivity contribution in [1.29, 1.82) is 0 Å². The average molecular weight is 309 g/mol. The fourth-order valence-electron chi connectivity index (χ4n) is 3.61. The quantitative estimate of drug-likeness (QED) is 0.929. The van der Waals surface area contributed by atoms with E-state index < -0.39 is 9.84 Å². The van der Waals surface area contributed by atoms with Gasteiger partial charge in [0, 0.05) is 12.3 Å². The Bertz CT molecular complexity index is 595. The summed E-state index contributed by atoms with van der Waals surface area (Å²) in [4.78, 5) is 0. The highest BCUT2D eigenvalue weighted by molar-refractivity contribution is 7.91. The third-order valence-corrected chi connectivity index (χ3v) is 6.46. The van der Waals surface area contributed by atoms with Crippen LogP contribution >= 0.6 is 0 Å². The maximum absolute atomic E-state index is 11.9. The molecule has 1 N–H and O–H groups in total. The smallest absolute Gasteiger partial charge is 0.150 e. The predicted octanol–water partition coefficient (Wildman–Crippen LogP) is 3.17. The lowest BCUT2D eigenvalue weighted by atomic mass is 9.79. The van der Waals surface area contributed by atoms with E-state index in [0.717, 1.165) is 25.7 Å². The molecule has 0 spiro atoms. The highest BCUT2D eigenvalue weighted by atomic mass is 32.2. The number of hydrogen-bond donors (Lipinski definition) is 1. The van der Waals surface area contributed by atoms with E-state index >= 15 is 0 Å². The second-order valence-electron chi connectivity index (χ2n) is 6.50. The van der Waals surface area contributed by atoms with Crippen LogP contribution in [0.25, 0.3) is 0 Å². The number of nitrogens with one attached hydrogen (secondary N) is 1. The van der Waals surface area contributed by atoms with Crippen LogP contribution in [0.3, 0.4) is 0 Å². The first-order valence-electron chi connectivity index (χ1n) is 7.76. The molecule has 1 aliphatic rings. The molecule has 1 aromatic carbocycles. The first-order chi connectivity index (χ1) is 9.82. The molecular formula is C17H27NO2S. The lowest BCUT2D eigenvalue weighted by Crippen LogP contribution is -2.34. The van der Waals surface area contributed by atoms with Gasteiger partial charge in [0.1, 0.15) is 9.84 Å². The molecule has 1 aromatic rings. The van der Waals surface area contributed by atoms with Crippen molar-refractivity contribution in [1.82, 2.24) is 5.32 Å². The third kappa shape index (κ3) is 3.86. The highest BCUT2D eigenvalue weighted by Gasteiger charge is 2.33. The zero-order valence-corrected chi connectivity index (χ0v) is 14.3. The maximum Gasteiger partial charge on any atom is 0.150 e. The number of rotatable bonds is 4. The molecule has 3 nitrogen and oxygen atoms in total. The van der Waals surface area contributed by atoms with Crippen molar-refractivity contribution in [3.8, 4) is 0 Å². The Labute approximate surface area is 129 Å². The summed E-state index contributed by atoms with van der Waals surface area (Å²) >= 11 is 0. The third-order valence-electron chi connectivity index (χ3n) is 4.82. The zero-order valence-electron chi connectivity index (χ0n) is 13.5. The standard InChI is InChI=1S/C17H27NO2S/c1-12-8-9-13(2)16(10-12)17(18-3)14-6-5-7-15(11-14)21(4,19)20/h8-10,14-15,17-18H,5-7,11H2,1-4H3. The Hall–Kier alpha value is -0.870. The number of benzene rings is 1. The van der Waals surface area contributed by atoms with E-state index in [1.807, 2.05) is 7.05 Å². The average Bonchev–Trinajstić information content (AvgIpc) is 2.43. The van der Waals surface area contributed by atoms with Crippen molar-refractivity contribution in [2.24, 2.45) is 5.92 Å². The van der Waals surface area contributed by atoms with E-state index in [2.05, 4.69) is 37.4 Å². The first kappa shape index (κ1) is 16.5. The van der Waals surface area contributed by atoms with Crippen LogP contribution in [-0.4, -0.2) is 27.0 Å². The van der Waals surface area contributed by atoms with Gasteiger partial charge in [-0.15, -0.1) is 0 Å². The van der Waals surface area contributed by atoms with Crippen LogP contribution in [0.1, 0.15) is 48.4 Å². The van der Waals surface area contributed by atoms with E-state index in [4.69, 9.17) is 0 Å². The van der Waals surface area contributed by atoms with Gasteiger partial charge in [-0.05, 0) is 57.2 Å². The largest absolute Gasteiger partial charge is 0.313 e. The molecule has 1 fully saturated rings. The Balaban J connectivity index is 2.27. The van der Waals surface area contributed by atoms with Gasteiger partial charge >= 0.3 is 0 Å². The van der Waals surface area contributed by atoms with Gasteiger partial charge in [0.25, 0.3) is 0 Å². The minimum absolute atomic E-state index is 0.169. The van der Waals surface area contributed by atoms with Crippen molar-refractivity contribution >= 4 is 9.84 Å². The van der Waals surface area contributed by atoms with Crippen LogP contribution < -0.4 is 5.32 Å². The fraction of sp³-hybridized carbons (Fsp3) is 0.647. The van der Waals surface area contributed by atoms with Crippen molar-refractivity contribution in [3.05, 3.63) is 34.9 Å². The molecule has 3 unspecified atom stereocenters. The monoisotopic (exact) mass is 309 g/mol. The zero-order chi connectivity index (χ0) is 15.6. The minimum Gasteiger partial charge on any atom is -0.313 e. The molecule has 1 aliphatic carbocycles. The van der Waals surface area contributed by atoms with Crippen molar-refractivity contribution in [2.75, 3.05) is 13.3 Å². The van der Waals surface area contributed by atoms with Gasteiger partial charge in [0.2, 0.25) is 0 Å². The normalized spacial score (nSPS) is 24.8. The van der Waals surface area contributed by atoms with E-state index in [-0.39, 0.29) is 11.3 Å². The van der Waals surface area contributed by atoms with Crippen LogP contribution in [0.4, 0.5) is 0 Å². The summed E-state index contributed by atoms with van der Waals surface area (Å²) in [5.74, 6) is 0.393. The van der Waals surface area contributed by atoms with E-state index in [1.165, 1.54) is 22.9 Å². The Morgan fingerprint density at radius 1 is 1.24 bits per heavy atom. The fourth-order valence-corrected chi connectivity index (χ4v) is 4.80. The van der Waals surface area contributed by atoms with E-state index in [1.54, 1.807) is 0 Å². The Morgan fingerprint density at radius 3 is 2.57 bits per heavy atom. The molecule has 0 amide bonds. The van der Waals surface area contributed by atoms with Crippen LogP contribution in [0.5, 0.6) is 0 Å². The van der Waals surface area contributed by atoms with Gasteiger partial charge in [-0.2, -0.15) is 0 Å². The number of hydrogen-bond acceptors (Lipinski definition) is 3. The van der Waals surface area contributed by atoms with E-state index in [0.29, 0.717) is 5.92 Å². The molecule has 0 saturated heterocycles. The second kappa shape index (κ2) is 6.49. The summed E-state index contributed by atoms with van der Waals surface area (Å²) in [7, 11) is -0.946. The molecule has 118 valence electrons. The van der Waals surface area contributed by atoms with Crippen molar-refractivity contribution < 1.29 is 8.42 Å². The van der Waals surface area contributed by atoms with Crippen LogP contribution in [0.2, 0.25) is 0 Å². The summed E-state index contributed by atoms with van der Waals surface area (Å²) in [5, 5.41) is 3.26. The van der Waals surface area contributed by atoms with Crippen LogP contribution in [0, 0.1) is 19.8 Å². The maximum atomic E-state index is 11.9. The van der Waals surface area contributed by atoms with Crippen molar-refractivity contribution in [3.63, 3.8) is 0 Å². The van der Waals surface area contributed by atoms with Crippen molar-refractivity contribution in [2.45, 2.75) is 50.8 Å². The summed E-state index contributed by atoms with van der Waals surface area (Å²) in [5.41, 5.74) is 3.85. The Morgan fingerprint density at radius 2 is 1.95 bits per heavy atom. The minimum atomic E-state index is -2.93. The van der Waals surface area contributed by atoms with Gasteiger partial charge in [-0.1, -0.05) is 30.2 Å². The highest BCUT2D eigenvalue weighted by Crippen LogP contribution is 2.37. The molecule has 21 heavy (non-hydrogen) atoms. The summed E-state index contributed by atoms with van der Waals surface area (Å²) in [6, 6.07) is 6.77. The molecule has 0 bridgehead atoms. The SMILES string of the molecule is CNC(c1cc(C)ccc1C)C1CCCC(S(C)(=O)=O)C1. The predicted molar refractivity (Wildman–Crippen MR) is 88.3 cm³/mol. The molecule has 2 rings (SSSR count). The number of sulfone groups is 1. The van der Waals surface area contributed by atoms with E-state index in [9.17, 15) is 8.42 Å². The van der Waals surface area contributed by atoms with Gasteiger partial charge in [0.05, 0.1) is 5.25 Å². The molecule has 0 radical (unpaired) electrons. The van der Waals surface area contributed by atoms with Gasteiger partial charge in [-0.25, -0.2) is 8.42 Å². The molecule has 3 atom stereocenters. The molecule has 4 heteroatoms. The molecule has 0 aromatic heterocycles. The number of aryl methyl sites for hydroxylation is 2. The second-order valence-corrected chi connectivity index (χ2v) is 8.83. The topological polar surface area (TPSA) is 46.2 Å². The van der Waals surface area contributed by atoms with Crippen LogP contribution in [0.15, 0.2) is 18.2 Å². The van der Waals surface area contributed by atoms with Gasteiger partial charge in [-0.3, -0.25) is 0 Å². The van der Waals surface area contributed by atoms with Gasteiger partial charge in [0.15, 0.2) is 0 Å². The van der Waals surface area contributed by atoms with Gasteiger partial charge < -0.3 is 5.32 Å². The summed E-state index contributed by atoms with van der Waals surface area (Å²) in [6.45, 7) is 4.24. The lowest BCUT2D eigenvalue weighted by Gasteiger charge is -2.34. The first-order valence-corrected chi connectivity index (χ1v) is 9.71. The molecule has 1 saturated carbocycles. The van der Waals surface area contributed by atoms with Crippen LogP contribution in [-0.2, 0) is 9.84 Å². The summed E-state index contributed by atoms with van der Waals surface area (Å²) in [6.07, 6.45) is 5.08.